The van der Waals surface area contributed by atoms with Crippen molar-refractivity contribution >= 4 is 40.0 Å². The van der Waals surface area contributed by atoms with Gasteiger partial charge in [-0.1, -0.05) is 0 Å². The second kappa shape index (κ2) is 7.63. The number of aliphatic hydroxyl groups excluding tert-OH is 1. The van der Waals surface area contributed by atoms with E-state index in [4.69, 9.17) is 10.5 Å². The van der Waals surface area contributed by atoms with E-state index in [1.807, 2.05) is 13.8 Å². The van der Waals surface area contributed by atoms with Crippen molar-refractivity contribution in [3.63, 3.8) is 0 Å². The number of thiophene rings is 1. The van der Waals surface area contributed by atoms with Crippen LogP contribution in [0.15, 0.2) is 0 Å². The lowest BCUT2D eigenvalue weighted by Gasteiger charge is -2.12. The van der Waals surface area contributed by atoms with Gasteiger partial charge in [-0.05, 0) is 26.3 Å². The highest BCUT2D eigenvalue weighted by molar-refractivity contribution is 8.00. The van der Waals surface area contributed by atoms with Crippen LogP contribution in [0.1, 0.15) is 34.1 Å². The Kier molecular flexibility index (Phi) is 6.04. The van der Waals surface area contributed by atoms with Gasteiger partial charge in [-0.3, -0.25) is 10.1 Å². The van der Waals surface area contributed by atoms with E-state index in [1.54, 1.807) is 6.92 Å². The van der Waals surface area contributed by atoms with Gasteiger partial charge >= 0.3 is 5.97 Å². The van der Waals surface area contributed by atoms with Gasteiger partial charge in [0.05, 0.1) is 17.4 Å². The number of hydrogen-bond donors (Lipinski definition) is 4. The van der Waals surface area contributed by atoms with Crippen LogP contribution in [0.5, 0.6) is 0 Å². The number of ether oxygens (including phenoxy) is 1. The van der Waals surface area contributed by atoms with Crippen LogP contribution in [0.4, 0.5) is 5.00 Å². The van der Waals surface area contributed by atoms with Crippen LogP contribution in [0.25, 0.3) is 0 Å². The summed E-state index contributed by atoms with van der Waals surface area (Å²) < 4.78 is 5.05. The number of nitrogens with two attached hydrogens (primary N) is 1. The molecule has 0 aliphatic carbocycles. The molecule has 9 heteroatoms. The fourth-order valence-corrected chi connectivity index (χ4v) is 4.40. The molecule has 128 valence electrons. The zero-order chi connectivity index (χ0) is 17.1. The minimum atomic E-state index is -0.822. The van der Waals surface area contributed by atoms with Gasteiger partial charge in [0.25, 0.3) is 0 Å². The fraction of sp³-hybridized carbons (Fsp3) is 0.571. The standard InChI is InChI=1S/C14H21N3O4S2/c1-4-21-13(20)10-6(2)7(3)22-12(10)16-9(18)5-8-11(19)17-14(15)23-8/h8,11,14,17,19H,4-5,15H2,1-3H3,(H,16,18). The number of aryl methyl sites for hydroxylation is 1. The normalized spacial score (nSPS) is 23.8. The summed E-state index contributed by atoms with van der Waals surface area (Å²) in [4.78, 5) is 25.3. The zero-order valence-electron chi connectivity index (χ0n) is 13.2. The van der Waals surface area contributed by atoms with Crippen molar-refractivity contribution in [2.75, 3.05) is 11.9 Å². The van der Waals surface area contributed by atoms with Crippen LogP contribution in [0.3, 0.4) is 0 Å². The number of anilines is 1. The molecule has 2 heterocycles. The van der Waals surface area contributed by atoms with Gasteiger partial charge in [0.2, 0.25) is 5.91 Å². The molecule has 1 aliphatic rings. The number of amides is 1. The fourth-order valence-electron chi connectivity index (χ4n) is 2.26. The molecule has 0 radical (unpaired) electrons. The first kappa shape index (κ1) is 18.2. The van der Waals surface area contributed by atoms with Crippen LogP contribution >= 0.6 is 23.1 Å². The smallest absolute Gasteiger partial charge is 0.341 e. The summed E-state index contributed by atoms with van der Waals surface area (Å²) in [6.45, 7) is 5.72. The van der Waals surface area contributed by atoms with E-state index < -0.39 is 12.2 Å². The molecule has 1 fully saturated rings. The Hall–Kier alpha value is -1.13. The van der Waals surface area contributed by atoms with Gasteiger partial charge in [0.15, 0.2) is 0 Å². The highest BCUT2D eigenvalue weighted by atomic mass is 32.2. The van der Waals surface area contributed by atoms with Crippen LogP contribution in [0.2, 0.25) is 0 Å². The monoisotopic (exact) mass is 359 g/mol. The van der Waals surface area contributed by atoms with Crippen molar-refractivity contribution < 1.29 is 19.4 Å². The summed E-state index contributed by atoms with van der Waals surface area (Å²) >= 11 is 2.65. The maximum absolute atomic E-state index is 12.2. The third-order valence-corrected chi connectivity index (χ3v) is 5.84. The van der Waals surface area contributed by atoms with Gasteiger partial charge < -0.3 is 20.9 Å². The SMILES string of the molecule is CCOC(=O)c1c(NC(=O)CC2SC(N)NC2O)sc(C)c1C. The van der Waals surface area contributed by atoms with Crippen molar-refractivity contribution in [1.29, 1.82) is 0 Å². The first-order valence-corrected chi connectivity index (χ1v) is 9.01. The Morgan fingerprint density at radius 3 is 2.70 bits per heavy atom. The second-order valence-corrected chi connectivity index (χ2v) is 7.78. The van der Waals surface area contributed by atoms with E-state index in [0.717, 1.165) is 10.4 Å². The summed E-state index contributed by atoms with van der Waals surface area (Å²) in [5.41, 5.74) is 6.49. The van der Waals surface area contributed by atoms with Gasteiger partial charge in [-0.25, -0.2) is 4.79 Å². The molecule has 3 atom stereocenters. The molecular formula is C14H21N3O4S2. The van der Waals surface area contributed by atoms with Crippen LogP contribution in [-0.4, -0.2) is 40.6 Å². The lowest BCUT2D eigenvalue weighted by Crippen LogP contribution is -2.37. The molecule has 1 aliphatic heterocycles. The Morgan fingerprint density at radius 2 is 2.13 bits per heavy atom. The maximum Gasteiger partial charge on any atom is 0.341 e. The Balaban J connectivity index is 2.09. The predicted molar refractivity (Wildman–Crippen MR) is 91.5 cm³/mol. The highest BCUT2D eigenvalue weighted by Gasteiger charge is 2.33. The molecular weight excluding hydrogens is 338 g/mol. The molecule has 2 rings (SSSR count). The summed E-state index contributed by atoms with van der Waals surface area (Å²) in [5.74, 6) is -0.715. The molecule has 23 heavy (non-hydrogen) atoms. The van der Waals surface area contributed by atoms with E-state index in [2.05, 4.69) is 10.6 Å². The lowest BCUT2D eigenvalue weighted by atomic mass is 10.1. The maximum atomic E-state index is 12.2. The third kappa shape index (κ3) is 4.24. The number of rotatable bonds is 5. The van der Waals surface area contributed by atoms with Gasteiger partial charge in [-0.15, -0.1) is 23.1 Å². The zero-order valence-corrected chi connectivity index (χ0v) is 14.8. The molecule has 0 aromatic carbocycles. The van der Waals surface area contributed by atoms with Crippen LogP contribution < -0.4 is 16.4 Å². The summed E-state index contributed by atoms with van der Waals surface area (Å²) in [6, 6.07) is 0. The largest absolute Gasteiger partial charge is 0.462 e. The van der Waals surface area contributed by atoms with Crippen molar-refractivity contribution in [3.8, 4) is 0 Å². The van der Waals surface area contributed by atoms with Gasteiger partial charge in [0.1, 0.15) is 16.7 Å². The van der Waals surface area contributed by atoms with Gasteiger partial charge in [0, 0.05) is 11.3 Å². The lowest BCUT2D eigenvalue weighted by molar-refractivity contribution is -0.116. The first-order chi connectivity index (χ1) is 10.8. The van der Waals surface area contributed by atoms with Crippen molar-refractivity contribution in [1.82, 2.24) is 5.32 Å². The molecule has 5 N–H and O–H groups in total. The highest BCUT2D eigenvalue weighted by Crippen LogP contribution is 2.34. The average molecular weight is 359 g/mol. The topological polar surface area (TPSA) is 114 Å². The second-order valence-electron chi connectivity index (χ2n) is 5.17. The minimum Gasteiger partial charge on any atom is -0.462 e. The van der Waals surface area contributed by atoms with E-state index >= 15 is 0 Å². The van der Waals surface area contributed by atoms with Gasteiger partial charge in [-0.2, -0.15) is 0 Å². The number of carbonyl (C=O) groups is 2. The average Bonchev–Trinajstić information content (AvgIpc) is 2.90. The van der Waals surface area contributed by atoms with E-state index in [0.29, 0.717) is 10.6 Å². The molecule has 7 nitrogen and oxygen atoms in total. The summed E-state index contributed by atoms with van der Waals surface area (Å²) in [5, 5.41) is 15.4. The summed E-state index contributed by atoms with van der Waals surface area (Å²) in [6.07, 6.45) is -0.720. The number of carbonyl (C=O) groups excluding carboxylic acids is 2. The van der Waals surface area contributed by atoms with Crippen LogP contribution in [0, 0.1) is 13.8 Å². The first-order valence-electron chi connectivity index (χ1n) is 7.25. The van der Waals surface area contributed by atoms with Crippen molar-refractivity contribution in [2.45, 2.75) is 44.2 Å². The quantitative estimate of drug-likeness (QED) is 0.583. The molecule has 1 aromatic heterocycles. The van der Waals surface area contributed by atoms with E-state index in [-0.39, 0.29) is 29.7 Å². The van der Waals surface area contributed by atoms with E-state index in [9.17, 15) is 14.7 Å². The number of esters is 1. The number of hydrogen-bond acceptors (Lipinski definition) is 8. The Bertz CT molecular complexity index is 605. The summed E-state index contributed by atoms with van der Waals surface area (Å²) in [7, 11) is 0. The number of aliphatic hydroxyl groups is 1. The van der Waals surface area contributed by atoms with Crippen molar-refractivity contribution in [2.24, 2.45) is 5.73 Å². The predicted octanol–water partition coefficient (Wildman–Crippen LogP) is 1.14. The number of nitrogens with one attached hydrogen (secondary N) is 2. The molecule has 0 saturated carbocycles. The molecule has 0 bridgehead atoms. The molecule has 0 spiro atoms. The molecule has 1 saturated heterocycles. The molecule has 3 unspecified atom stereocenters. The Labute approximate surface area is 143 Å². The van der Waals surface area contributed by atoms with Crippen molar-refractivity contribution in [3.05, 3.63) is 16.0 Å². The molecule has 1 amide bonds. The minimum absolute atomic E-state index is 0.102. The van der Waals surface area contributed by atoms with E-state index in [1.165, 1.54) is 23.1 Å². The Morgan fingerprint density at radius 1 is 1.43 bits per heavy atom. The number of thioether (sulfide) groups is 1. The third-order valence-electron chi connectivity index (χ3n) is 3.51. The van der Waals surface area contributed by atoms with Crippen LogP contribution in [-0.2, 0) is 9.53 Å². The molecule has 1 aromatic rings.